The molecule has 3 atom stereocenters. The molecule has 2 heterocycles. The van der Waals surface area contributed by atoms with Crippen molar-refractivity contribution >= 4 is 18.0 Å². The van der Waals surface area contributed by atoms with Crippen LogP contribution in [0.2, 0.25) is 0 Å². The van der Waals surface area contributed by atoms with Crippen LogP contribution in [0.25, 0.3) is 0 Å². The fourth-order valence-electron chi connectivity index (χ4n) is 3.75. The lowest BCUT2D eigenvalue weighted by Crippen LogP contribution is -2.49. The van der Waals surface area contributed by atoms with Crippen LogP contribution in [0.1, 0.15) is 31.2 Å². The third-order valence-corrected chi connectivity index (χ3v) is 5.56. The molecule has 7 N–H and O–H groups in total. The lowest BCUT2D eigenvalue weighted by Gasteiger charge is -2.16. The molecule has 2 amide bonds. The third-order valence-electron chi connectivity index (χ3n) is 5.56. The normalized spacial score (nSPS) is 21.2. The molecule has 0 radical (unpaired) electrons. The number of alkyl carbamates (subject to hydrolysis) is 1. The molecular weight excluding hydrogens is 444 g/mol. The fourth-order valence-corrected chi connectivity index (χ4v) is 3.75. The summed E-state index contributed by atoms with van der Waals surface area (Å²) in [6, 6.07) is 7.58. The Bertz CT molecular complexity index is 791. The van der Waals surface area contributed by atoms with Crippen LogP contribution in [-0.2, 0) is 25.8 Å². The zero-order valence-corrected chi connectivity index (χ0v) is 19.0. The maximum absolute atomic E-state index is 12.3. The highest BCUT2D eigenvalue weighted by molar-refractivity contribution is 5.82. The summed E-state index contributed by atoms with van der Waals surface area (Å²) in [5, 5.41) is 24.1. The van der Waals surface area contributed by atoms with E-state index < -0.39 is 18.1 Å². The van der Waals surface area contributed by atoms with Gasteiger partial charge in [0.05, 0.1) is 6.10 Å². The van der Waals surface area contributed by atoms with Crippen LogP contribution in [0.3, 0.4) is 0 Å². The smallest absolute Gasteiger partial charge is 0.408 e. The largest absolute Gasteiger partial charge is 0.480 e. The number of amides is 2. The highest BCUT2D eigenvalue weighted by atomic mass is 16.7. The predicted octanol–water partition coefficient (Wildman–Crippen LogP) is -0.619. The minimum atomic E-state index is -1.30. The van der Waals surface area contributed by atoms with Crippen molar-refractivity contribution in [2.45, 2.75) is 56.8 Å². The van der Waals surface area contributed by atoms with Crippen molar-refractivity contribution < 1.29 is 29.1 Å². The summed E-state index contributed by atoms with van der Waals surface area (Å²) >= 11 is 0. The van der Waals surface area contributed by atoms with E-state index >= 15 is 0 Å². The molecule has 2 aliphatic heterocycles. The topological polar surface area (TPSA) is 162 Å². The lowest BCUT2D eigenvalue weighted by atomic mass is 10.0. The second-order valence-corrected chi connectivity index (χ2v) is 8.33. The molecule has 3 unspecified atom stereocenters. The van der Waals surface area contributed by atoms with Crippen LogP contribution >= 0.6 is 0 Å². The molecule has 1 aromatic carbocycles. The Morgan fingerprint density at radius 1 is 1.18 bits per heavy atom. The lowest BCUT2D eigenvalue weighted by molar-refractivity contribution is -0.139. The van der Waals surface area contributed by atoms with Gasteiger partial charge >= 0.3 is 12.1 Å². The number of rotatable bonds is 13. The Balaban J connectivity index is 1.28. The van der Waals surface area contributed by atoms with Gasteiger partial charge in [-0.3, -0.25) is 25.6 Å². The van der Waals surface area contributed by atoms with Crippen LogP contribution in [0.4, 0.5) is 4.79 Å². The van der Waals surface area contributed by atoms with E-state index in [2.05, 4.69) is 32.1 Å². The van der Waals surface area contributed by atoms with Gasteiger partial charge in [0.15, 0.2) is 0 Å². The van der Waals surface area contributed by atoms with Crippen molar-refractivity contribution in [3.8, 4) is 0 Å². The van der Waals surface area contributed by atoms with Gasteiger partial charge in [0, 0.05) is 32.1 Å². The molecule has 0 bridgehead atoms. The van der Waals surface area contributed by atoms with E-state index in [-0.39, 0.29) is 43.9 Å². The zero-order valence-electron chi connectivity index (χ0n) is 19.0. The Hall–Kier alpha value is -2.77. The maximum Gasteiger partial charge on any atom is 0.408 e. The highest BCUT2D eigenvalue weighted by Gasteiger charge is 2.28. The number of benzene rings is 1. The SMILES string of the molecule is O=C(CC1CC(CCCNC2NCCN2)ON1)NCC(NC(=O)OCc1ccccc1)C(=O)O. The Kier molecular flexibility index (Phi) is 10.5. The number of carbonyl (C=O) groups is 3. The molecule has 0 saturated carbocycles. The molecule has 12 heteroatoms. The zero-order chi connectivity index (χ0) is 24.2. The average molecular weight is 479 g/mol. The van der Waals surface area contributed by atoms with Gasteiger partial charge in [0.2, 0.25) is 5.91 Å². The van der Waals surface area contributed by atoms with Crippen molar-refractivity contribution in [3.05, 3.63) is 35.9 Å². The standard InChI is InChI=1S/C22H34N6O6/c29-19(12-16-11-17(34-28-16)7-4-8-23-21-24-9-10-25-21)26-13-18(20(30)31)27-22(32)33-14-15-5-2-1-3-6-15/h1-3,5-6,16-18,21,23-25,28H,4,7-14H2,(H,26,29)(H,27,32)(H,30,31). The summed E-state index contributed by atoms with van der Waals surface area (Å²) < 4.78 is 5.04. The molecule has 0 spiro atoms. The summed E-state index contributed by atoms with van der Waals surface area (Å²) in [6.07, 6.45) is 1.96. The maximum atomic E-state index is 12.3. The van der Waals surface area contributed by atoms with E-state index in [1.54, 1.807) is 12.1 Å². The third kappa shape index (κ3) is 9.23. The van der Waals surface area contributed by atoms with Gasteiger partial charge in [-0.15, -0.1) is 0 Å². The predicted molar refractivity (Wildman–Crippen MR) is 122 cm³/mol. The fraction of sp³-hybridized carbons (Fsp3) is 0.591. The molecule has 0 aliphatic carbocycles. The molecule has 188 valence electrons. The highest BCUT2D eigenvalue weighted by Crippen LogP contribution is 2.17. The summed E-state index contributed by atoms with van der Waals surface area (Å²) in [5.41, 5.74) is 3.66. The summed E-state index contributed by atoms with van der Waals surface area (Å²) in [6.45, 7) is 2.54. The van der Waals surface area contributed by atoms with Crippen molar-refractivity contribution in [1.29, 1.82) is 0 Å². The number of carboxylic acids is 1. The number of nitrogens with one attached hydrogen (secondary N) is 6. The van der Waals surface area contributed by atoms with E-state index in [0.29, 0.717) is 6.42 Å². The molecule has 2 saturated heterocycles. The van der Waals surface area contributed by atoms with Crippen LogP contribution in [0, 0.1) is 0 Å². The van der Waals surface area contributed by atoms with E-state index in [0.717, 1.165) is 38.0 Å². The van der Waals surface area contributed by atoms with E-state index in [1.165, 1.54) is 0 Å². The Labute approximate surface area is 198 Å². The van der Waals surface area contributed by atoms with Crippen LogP contribution in [0.5, 0.6) is 0 Å². The number of hydrogen-bond acceptors (Lipinski definition) is 9. The molecule has 0 aromatic heterocycles. The van der Waals surface area contributed by atoms with Crippen LogP contribution in [-0.4, -0.2) is 73.7 Å². The van der Waals surface area contributed by atoms with Crippen LogP contribution in [0.15, 0.2) is 30.3 Å². The molecular formula is C22H34N6O6. The van der Waals surface area contributed by atoms with Crippen LogP contribution < -0.4 is 32.1 Å². The van der Waals surface area contributed by atoms with Gasteiger partial charge in [-0.1, -0.05) is 30.3 Å². The van der Waals surface area contributed by atoms with E-state index in [4.69, 9.17) is 9.57 Å². The van der Waals surface area contributed by atoms with Gasteiger partial charge in [0.1, 0.15) is 18.9 Å². The van der Waals surface area contributed by atoms with E-state index in [1.807, 2.05) is 18.2 Å². The first kappa shape index (κ1) is 25.8. The van der Waals surface area contributed by atoms with E-state index in [9.17, 15) is 19.5 Å². The minimum Gasteiger partial charge on any atom is -0.480 e. The van der Waals surface area contributed by atoms with Crippen molar-refractivity contribution in [3.63, 3.8) is 0 Å². The van der Waals surface area contributed by atoms with Gasteiger partial charge in [-0.2, -0.15) is 5.48 Å². The molecule has 1 aromatic rings. The number of ether oxygens (including phenoxy) is 1. The first-order valence-electron chi connectivity index (χ1n) is 11.6. The van der Waals surface area contributed by atoms with Crippen molar-refractivity contribution in [2.75, 3.05) is 26.2 Å². The Morgan fingerprint density at radius 2 is 1.94 bits per heavy atom. The monoisotopic (exact) mass is 478 g/mol. The van der Waals surface area contributed by atoms with Gasteiger partial charge < -0.3 is 20.5 Å². The number of carboxylic acid groups (broad SMARTS) is 1. The quantitative estimate of drug-likeness (QED) is 0.182. The number of aliphatic carboxylic acids is 1. The van der Waals surface area contributed by atoms with Gasteiger partial charge in [-0.05, 0) is 31.4 Å². The van der Waals surface area contributed by atoms with Crippen molar-refractivity contribution in [2.24, 2.45) is 0 Å². The molecule has 12 nitrogen and oxygen atoms in total. The molecule has 2 aliphatic rings. The first-order chi connectivity index (χ1) is 16.5. The number of hydroxylamine groups is 1. The number of hydrogen-bond donors (Lipinski definition) is 7. The molecule has 2 fully saturated rings. The van der Waals surface area contributed by atoms with Crippen molar-refractivity contribution in [1.82, 2.24) is 32.1 Å². The summed E-state index contributed by atoms with van der Waals surface area (Å²) in [4.78, 5) is 41.2. The second kappa shape index (κ2) is 13.8. The second-order valence-electron chi connectivity index (χ2n) is 8.33. The first-order valence-corrected chi connectivity index (χ1v) is 11.6. The summed E-state index contributed by atoms with van der Waals surface area (Å²) in [5.74, 6) is -1.59. The average Bonchev–Trinajstić information content (AvgIpc) is 3.51. The Morgan fingerprint density at radius 3 is 2.68 bits per heavy atom. The molecule has 3 rings (SSSR count). The minimum absolute atomic E-state index is 0.0182. The van der Waals surface area contributed by atoms with Gasteiger partial charge in [0.25, 0.3) is 0 Å². The molecule has 34 heavy (non-hydrogen) atoms. The van der Waals surface area contributed by atoms with Gasteiger partial charge in [-0.25, -0.2) is 9.59 Å². The summed E-state index contributed by atoms with van der Waals surface area (Å²) in [7, 11) is 0. The number of carbonyl (C=O) groups excluding carboxylic acids is 2.